The van der Waals surface area contributed by atoms with Crippen LogP contribution in [0.25, 0.3) is 0 Å². The lowest BCUT2D eigenvalue weighted by molar-refractivity contribution is 0.0526. The number of hydrogen-bond acceptors (Lipinski definition) is 4. The maximum absolute atomic E-state index is 11.4. The van der Waals surface area contributed by atoms with E-state index in [9.17, 15) is 4.79 Å². The normalized spacial score (nSPS) is 10.4. The Morgan fingerprint density at radius 3 is 2.53 bits per heavy atom. The van der Waals surface area contributed by atoms with Gasteiger partial charge in [0.05, 0.1) is 12.2 Å². The van der Waals surface area contributed by atoms with Crippen molar-refractivity contribution in [2.24, 2.45) is 0 Å². The minimum atomic E-state index is -0.325. The summed E-state index contributed by atoms with van der Waals surface area (Å²) in [5.74, 6) is 0.473. The van der Waals surface area contributed by atoms with Gasteiger partial charge in [0.1, 0.15) is 5.82 Å². The van der Waals surface area contributed by atoms with Gasteiger partial charge in [-0.1, -0.05) is 13.8 Å². The van der Waals surface area contributed by atoms with Crippen molar-refractivity contribution in [2.75, 3.05) is 11.9 Å². The maximum Gasteiger partial charge on any atom is 0.339 e. The van der Waals surface area contributed by atoms with E-state index >= 15 is 0 Å². The summed E-state index contributed by atoms with van der Waals surface area (Å²) in [7, 11) is 0. The van der Waals surface area contributed by atoms with E-state index in [2.05, 4.69) is 24.1 Å². The summed E-state index contributed by atoms with van der Waals surface area (Å²) < 4.78 is 4.89. The van der Waals surface area contributed by atoms with E-state index in [4.69, 9.17) is 4.74 Å². The number of ether oxygens (including phenoxy) is 1. The largest absolute Gasteiger partial charge is 0.462 e. The lowest BCUT2D eigenvalue weighted by Gasteiger charge is -2.15. The summed E-state index contributed by atoms with van der Waals surface area (Å²) in [6, 6.07) is 3.97. The van der Waals surface area contributed by atoms with Crippen LogP contribution in [0.4, 0.5) is 5.82 Å². The number of rotatable bonds is 6. The molecule has 0 aliphatic rings. The van der Waals surface area contributed by atoms with E-state index in [1.165, 1.54) is 0 Å². The fourth-order valence-electron chi connectivity index (χ4n) is 1.52. The van der Waals surface area contributed by atoms with E-state index in [0.717, 1.165) is 18.7 Å². The van der Waals surface area contributed by atoms with Crippen molar-refractivity contribution < 1.29 is 9.53 Å². The molecule has 0 fully saturated rings. The Hall–Kier alpha value is -1.58. The molecule has 0 atom stereocenters. The van der Waals surface area contributed by atoms with Gasteiger partial charge in [-0.2, -0.15) is 0 Å². The van der Waals surface area contributed by atoms with E-state index in [0.29, 0.717) is 18.2 Å². The van der Waals surface area contributed by atoms with Gasteiger partial charge < -0.3 is 10.1 Å². The van der Waals surface area contributed by atoms with Crippen LogP contribution in [-0.2, 0) is 4.74 Å². The second kappa shape index (κ2) is 6.89. The average Bonchev–Trinajstić information content (AvgIpc) is 2.37. The molecule has 0 aliphatic carbocycles. The lowest BCUT2D eigenvalue weighted by atomic mass is 10.2. The highest BCUT2D eigenvalue weighted by Crippen LogP contribution is 2.10. The SMILES string of the molecule is CCOC(=O)c1ccc(NC(CC)CC)nc1. The van der Waals surface area contributed by atoms with Gasteiger partial charge in [-0.05, 0) is 31.9 Å². The van der Waals surface area contributed by atoms with Gasteiger partial charge in [-0.3, -0.25) is 0 Å². The molecule has 94 valence electrons. The first kappa shape index (κ1) is 13.5. The molecule has 4 nitrogen and oxygen atoms in total. The Labute approximate surface area is 102 Å². The van der Waals surface area contributed by atoms with Gasteiger partial charge in [0, 0.05) is 12.2 Å². The lowest BCUT2D eigenvalue weighted by Crippen LogP contribution is -2.18. The van der Waals surface area contributed by atoms with Crippen LogP contribution >= 0.6 is 0 Å². The van der Waals surface area contributed by atoms with Crippen LogP contribution in [0, 0.1) is 0 Å². The summed E-state index contributed by atoms with van der Waals surface area (Å²) in [6.07, 6.45) is 3.65. The third kappa shape index (κ3) is 4.06. The number of hydrogen-bond donors (Lipinski definition) is 1. The summed E-state index contributed by atoms with van der Waals surface area (Å²) in [5, 5.41) is 3.31. The molecule has 0 saturated carbocycles. The fourth-order valence-corrected chi connectivity index (χ4v) is 1.52. The number of anilines is 1. The second-order valence-electron chi connectivity index (χ2n) is 3.81. The van der Waals surface area contributed by atoms with Crippen LogP contribution in [0.15, 0.2) is 18.3 Å². The van der Waals surface area contributed by atoms with Gasteiger partial charge >= 0.3 is 5.97 Å². The molecule has 0 aromatic carbocycles. The van der Waals surface area contributed by atoms with Crippen molar-refractivity contribution in [2.45, 2.75) is 39.7 Å². The monoisotopic (exact) mass is 236 g/mol. The highest BCUT2D eigenvalue weighted by molar-refractivity contribution is 5.89. The second-order valence-corrected chi connectivity index (χ2v) is 3.81. The van der Waals surface area contributed by atoms with Gasteiger partial charge in [-0.15, -0.1) is 0 Å². The molecule has 1 rings (SSSR count). The zero-order chi connectivity index (χ0) is 12.7. The van der Waals surface area contributed by atoms with Gasteiger partial charge in [0.15, 0.2) is 0 Å². The first-order valence-electron chi connectivity index (χ1n) is 6.10. The minimum absolute atomic E-state index is 0.325. The van der Waals surface area contributed by atoms with Crippen LogP contribution in [0.3, 0.4) is 0 Å². The maximum atomic E-state index is 11.4. The summed E-state index contributed by atoms with van der Waals surface area (Å²) in [4.78, 5) is 15.6. The highest BCUT2D eigenvalue weighted by atomic mass is 16.5. The van der Waals surface area contributed by atoms with Gasteiger partial charge in [-0.25, -0.2) is 9.78 Å². The van der Waals surface area contributed by atoms with E-state index in [1.807, 2.05) is 6.07 Å². The van der Waals surface area contributed by atoms with Crippen molar-refractivity contribution in [3.63, 3.8) is 0 Å². The number of carbonyl (C=O) groups excluding carboxylic acids is 1. The number of pyridine rings is 1. The molecule has 0 amide bonds. The standard InChI is InChI=1S/C13H20N2O2/c1-4-11(5-2)15-12-8-7-10(9-14-12)13(16)17-6-3/h7-9,11H,4-6H2,1-3H3,(H,14,15). The van der Waals surface area contributed by atoms with Gasteiger partial charge in [0.2, 0.25) is 0 Å². The molecule has 4 heteroatoms. The zero-order valence-electron chi connectivity index (χ0n) is 10.7. The first-order chi connectivity index (χ1) is 8.21. The van der Waals surface area contributed by atoms with Crippen molar-refractivity contribution in [1.29, 1.82) is 0 Å². The minimum Gasteiger partial charge on any atom is -0.462 e. The molecule has 0 bridgehead atoms. The molecule has 0 radical (unpaired) electrons. The Morgan fingerprint density at radius 1 is 1.35 bits per heavy atom. The van der Waals surface area contributed by atoms with Crippen LogP contribution in [0.5, 0.6) is 0 Å². The predicted octanol–water partition coefficient (Wildman–Crippen LogP) is 2.86. The van der Waals surface area contributed by atoms with Crippen LogP contribution in [0.1, 0.15) is 44.0 Å². The third-order valence-corrected chi connectivity index (χ3v) is 2.61. The molecule has 1 aromatic rings. The fraction of sp³-hybridized carbons (Fsp3) is 0.538. The number of carbonyl (C=O) groups is 1. The van der Waals surface area contributed by atoms with E-state index < -0.39 is 0 Å². The Bertz CT molecular complexity index is 345. The molecule has 1 heterocycles. The quantitative estimate of drug-likeness (QED) is 0.772. The Morgan fingerprint density at radius 2 is 2.06 bits per heavy atom. The Kier molecular flexibility index (Phi) is 5.46. The summed E-state index contributed by atoms with van der Waals surface area (Å²) >= 11 is 0. The predicted molar refractivity (Wildman–Crippen MR) is 68.2 cm³/mol. The molecule has 1 N–H and O–H groups in total. The highest BCUT2D eigenvalue weighted by Gasteiger charge is 2.08. The molecular formula is C13H20N2O2. The topological polar surface area (TPSA) is 51.2 Å². The molecule has 0 aliphatic heterocycles. The van der Waals surface area contributed by atoms with Crippen molar-refractivity contribution in [1.82, 2.24) is 4.98 Å². The summed E-state index contributed by atoms with van der Waals surface area (Å²) in [5.41, 5.74) is 0.488. The number of nitrogens with one attached hydrogen (secondary N) is 1. The van der Waals surface area contributed by atoms with Crippen molar-refractivity contribution in [3.05, 3.63) is 23.9 Å². The van der Waals surface area contributed by atoms with Crippen molar-refractivity contribution >= 4 is 11.8 Å². The molecule has 0 unspecified atom stereocenters. The number of esters is 1. The Balaban J connectivity index is 2.64. The molecule has 0 saturated heterocycles. The van der Waals surface area contributed by atoms with Gasteiger partial charge in [0.25, 0.3) is 0 Å². The molecular weight excluding hydrogens is 216 g/mol. The van der Waals surface area contributed by atoms with Crippen LogP contribution in [-0.4, -0.2) is 23.6 Å². The van der Waals surface area contributed by atoms with E-state index in [1.54, 1.807) is 19.2 Å². The number of aromatic nitrogens is 1. The summed E-state index contributed by atoms with van der Waals surface area (Å²) in [6.45, 7) is 6.43. The molecule has 17 heavy (non-hydrogen) atoms. The molecule has 1 aromatic heterocycles. The third-order valence-electron chi connectivity index (χ3n) is 2.61. The van der Waals surface area contributed by atoms with Crippen LogP contribution < -0.4 is 5.32 Å². The first-order valence-corrected chi connectivity index (χ1v) is 6.10. The van der Waals surface area contributed by atoms with Crippen molar-refractivity contribution in [3.8, 4) is 0 Å². The average molecular weight is 236 g/mol. The van der Waals surface area contributed by atoms with E-state index in [-0.39, 0.29) is 5.97 Å². The number of nitrogens with zero attached hydrogens (tertiary/aromatic N) is 1. The van der Waals surface area contributed by atoms with Crippen LogP contribution in [0.2, 0.25) is 0 Å². The molecule has 0 spiro atoms. The zero-order valence-corrected chi connectivity index (χ0v) is 10.7. The smallest absolute Gasteiger partial charge is 0.339 e.